The lowest BCUT2D eigenvalue weighted by Crippen LogP contribution is -2.25. The van der Waals surface area contributed by atoms with Crippen molar-refractivity contribution in [2.24, 2.45) is 0 Å². The zero-order valence-corrected chi connectivity index (χ0v) is 19.2. The third-order valence-corrected chi connectivity index (χ3v) is 5.36. The molecule has 0 saturated carbocycles. The number of benzene rings is 3. The summed E-state index contributed by atoms with van der Waals surface area (Å²) in [6, 6.07) is 17.1. The Bertz CT molecular complexity index is 1240. The number of alkyl carbamates (subject to hydrolysis) is 1. The Morgan fingerprint density at radius 3 is 2.49 bits per heavy atom. The first-order chi connectivity index (χ1) is 16.8. The van der Waals surface area contributed by atoms with Gasteiger partial charge in [0.1, 0.15) is 0 Å². The molecule has 182 valence electrons. The molecule has 0 saturated heterocycles. The van der Waals surface area contributed by atoms with E-state index in [-0.39, 0.29) is 18.1 Å². The van der Waals surface area contributed by atoms with Gasteiger partial charge >= 0.3 is 12.4 Å². The quantitative estimate of drug-likeness (QED) is 0.463. The molecule has 2 N–H and O–H groups in total. The molecule has 4 rings (SSSR count). The third-order valence-electron chi connectivity index (χ3n) is 5.36. The molecule has 1 heterocycles. The van der Waals surface area contributed by atoms with Crippen LogP contribution in [0, 0.1) is 6.92 Å². The van der Waals surface area contributed by atoms with E-state index in [1.54, 1.807) is 12.1 Å². The van der Waals surface area contributed by atoms with E-state index in [4.69, 9.17) is 4.74 Å². The van der Waals surface area contributed by atoms with Crippen LogP contribution in [0.1, 0.15) is 28.4 Å². The molecule has 7 nitrogen and oxygen atoms in total. The highest BCUT2D eigenvalue weighted by Gasteiger charge is 2.43. The molecule has 0 aromatic heterocycles. The number of anilines is 1. The smallest absolute Gasteiger partial charge is 0.449 e. The van der Waals surface area contributed by atoms with Crippen molar-refractivity contribution in [3.8, 4) is 22.6 Å². The fourth-order valence-corrected chi connectivity index (χ4v) is 3.76. The van der Waals surface area contributed by atoms with Crippen LogP contribution in [0.4, 0.5) is 19.3 Å². The van der Waals surface area contributed by atoms with Gasteiger partial charge < -0.3 is 24.8 Å². The molecule has 35 heavy (non-hydrogen) atoms. The van der Waals surface area contributed by atoms with Gasteiger partial charge in [0.05, 0.1) is 6.61 Å². The molecule has 1 aliphatic heterocycles. The molecule has 3 aromatic rings. The summed E-state index contributed by atoms with van der Waals surface area (Å²) in [5, 5.41) is 5.31. The number of hydrogen-bond acceptors (Lipinski definition) is 5. The Labute approximate surface area is 201 Å². The number of aryl methyl sites for hydroxylation is 1. The fraction of sp³-hybridized carbons (Fsp3) is 0.231. The predicted molar refractivity (Wildman–Crippen MR) is 126 cm³/mol. The van der Waals surface area contributed by atoms with Crippen LogP contribution in [0.25, 0.3) is 11.1 Å². The number of rotatable bonds is 7. The van der Waals surface area contributed by atoms with Crippen molar-refractivity contribution in [3.63, 3.8) is 0 Å². The molecule has 0 bridgehead atoms. The van der Waals surface area contributed by atoms with Crippen molar-refractivity contribution >= 4 is 17.7 Å². The molecule has 0 unspecified atom stereocenters. The van der Waals surface area contributed by atoms with E-state index in [0.717, 1.165) is 22.3 Å². The topological polar surface area (TPSA) is 85.9 Å². The number of amides is 2. The van der Waals surface area contributed by atoms with Crippen molar-refractivity contribution in [1.82, 2.24) is 5.32 Å². The normalized spacial score (nSPS) is 13.3. The Morgan fingerprint density at radius 2 is 1.74 bits per heavy atom. The van der Waals surface area contributed by atoms with Crippen molar-refractivity contribution in [3.05, 3.63) is 77.4 Å². The van der Waals surface area contributed by atoms with Crippen LogP contribution in [0.3, 0.4) is 0 Å². The highest BCUT2D eigenvalue weighted by atomic mass is 19.3. The summed E-state index contributed by atoms with van der Waals surface area (Å²) in [5.74, 6) is -0.640. The van der Waals surface area contributed by atoms with Gasteiger partial charge in [-0.3, -0.25) is 4.79 Å². The first kappa shape index (κ1) is 24.0. The van der Waals surface area contributed by atoms with E-state index in [9.17, 15) is 18.4 Å². The summed E-state index contributed by atoms with van der Waals surface area (Å²) >= 11 is 0. The van der Waals surface area contributed by atoms with Crippen LogP contribution in [0.5, 0.6) is 11.5 Å². The first-order valence-electron chi connectivity index (χ1n) is 11.1. The van der Waals surface area contributed by atoms with Crippen molar-refractivity contribution < 1.29 is 32.6 Å². The fourth-order valence-electron chi connectivity index (χ4n) is 3.76. The van der Waals surface area contributed by atoms with Crippen molar-refractivity contribution in [2.45, 2.75) is 26.6 Å². The lowest BCUT2D eigenvalue weighted by Gasteiger charge is -2.14. The van der Waals surface area contributed by atoms with Gasteiger partial charge in [-0.25, -0.2) is 4.79 Å². The monoisotopic (exact) mass is 482 g/mol. The SMILES string of the molecule is CCNC(=O)OCCc1ccc(-c2c(C)cccc2C(=O)Nc2ccc3c(c2)OC(F)(F)O3)cc1. The van der Waals surface area contributed by atoms with E-state index in [1.165, 1.54) is 18.2 Å². The molecular formula is C26H24F2N2O5. The zero-order valence-electron chi connectivity index (χ0n) is 19.2. The van der Waals surface area contributed by atoms with E-state index < -0.39 is 18.3 Å². The molecule has 0 aliphatic carbocycles. The highest BCUT2D eigenvalue weighted by molar-refractivity contribution is 6.09. The lowest BCUT2D eigenvalue weighted by atomic mass is 9.93. The Balaban J connectivity index is 1.49. The van der Waals surface area contributed by atoms with Gasteiger partial charge in [0.2, 0.25) is 0 Å². The number of fused-ring (bicyclic) bond motifs is 1. The average Bonchev–Trinajstić information content (AvgIpc) is 3.12. The highest BCUT2D eigenvalue weighted by Crippen LogP contribution is 2.42. The van der Waals surface area contributed by atoms with E-state index in [0.29, 0.717) is 24.2 Å². The van der Waals surface area contributed by atoms with E-state index in [2.05, 4.69) is 20.1 Å². The number of nitrogens with one attached hydrogen (secondary N) is 2. The summed E-state index contributed by atoms with van der Waals surface area (Å²) in [7, 11) is 0. The zero-order chi connectivity index (χ0) is 25.0. The van der Waals surface area contributed by atoms with E-state index >= 15 is 0 Å². The average molecular weight is 482 g/mol. The summed E-state index contributed by atoms with van der Waals surface area (Å²) in [6.45, 7) is 4.48. The van der Waals surface area contributed by atoms with Crippen molar-refractivity contribution in [1.29, 1.82) is 0 Å². The van der Waals surface area contributed by atoms with Gasteiger partial charge in [-0.2, -0.15) is 0 Å². The van der Waals surface area contributed by atoms with Crippen LogP contribution in [0.15, 0.2) is 60.7 Å². The molecule has 1 aliphatic rings. The summed E-state index contributed by atoms with van der Waals surface area (Å²) in [6.07, 6.45) is -3.62. The van der Waals surface area contributed by atoms with Crippen LogP contribution in [-0.2, 0) is 11.2 Å². The molecular weight excluding hydrogens is 458 g/mol. The first-order valence-corrected chi connectivity index (χ1v) is 11.1. The molecule has 0 radical (unpaired) electrons. The van der Waals surface area contributed by atoms with Crippen LogP contribution < -0.4 is 20.1 Å². The molecule has 0 spiro atoms. The second kappa shape index (κ2) is 10.0. The van der Waals surface area contributed by atoms with Crippen LogP contribution in [0.2, 0.25) is 0 Å². The number of carbonyl (C=O) groups excluding carboxylic acids is 2. The Morgan fingerprint density at radius 1 is 1.00 bits per heavy atom. The predicted octanol–water partition coefficient (Wildman–Crippen LogP) is 5.52. The molecule has 9 heteroatoms. The van der Waals surface area contributed by atoms with Gasteiger partial charge in [0.15, 0.2) is 11.5 Å². The van der Waals surface area contributed by atoms with Crippen LogP contribution in [-0.4, -0.2) is 31.4 Å². The molecule has 0 fully saturated rings. The van der Waals surface area contributed by atoms with Crippen molar-refractivity contribution in [2.75, 3.05) is 18.5 Å². The summed E-state index contributed by atoms with van der Waals surface area (Å²) < 4.78 is 40.5. The number of carbonyl (C=O) groups is 2. The van der Waals surface area contributed by atoms with Gasteiger partial charge in [0.25, 0.3) is 5.91 Å². The minimum absolute atomic E-state index is 0.0966. The molecule has 3 aromatic carbocycles. The number of alkyl halides is 2. The minimum Gasteiger partial charge on any atom is -0.449 e. The summed E-state index contributed by atoms with van der Waals surface area (Å²) in [5.41, 5.74) is 4.20. The second-order valence-corrected chi connectivity index (χ2v) is 7.89. The van der Waals surface area contributed by atoms with E-state index in [1.807, 2.05) is 44.2 Å². The Hall–Kier alpha value is -4.14. The standard InChI is InChI=1S/C26H24F2N2O5/c1-3-29-25(32)33-14-13-17-7-9-18(10-8-17)23-16(2)5-4-6-20(23)24(31)30-19-11-12-21-22(15-19)35-26(27,28)34-21/h4-12,15H,3,13-14H2,1-2H3,(H,29,32)(H,30,31). The van der Waals surface area contributed by atoms with Gasteiger partial charge in [-0.15, -0.1) is 8.78 Å². The summed E-state index contributed by atoms with van der Waals surface area (Å²) in [4.78, 5) is 24.5. The maximum atomic E-state index is 13.3. The number of hydrogen-bond donors (Lipinski definition) is 2. The lowest BCUT2D eigenvalue weighted by molar-refractivity contribution is -0.286. The van der Waals surface area contributed by atoms with Gasteiger partial charge in [-0.05, 0) is 54.3 Å². The third kappa shape index (κ3) is 5.68. The molecule has 0 atom stereocenters. The van der Waals surface area contributed by atoms with Crippen LogP contribution >= 0.6 is 0 Å². The Kier molecular flexibility index (Phi) is 6.86. The molecule has 2 amide bonds. The van der Waals surface area contributed by atoms with Gasteiger partial charge in [0, 0.05) is 30.3 Å². The number of ether oxygens (including phenoxy) is 3. The maximum Gasteiger partial charge on any atom is 0.586 e. The minimum atomic E-state index is -3.73. The largest absolute Gasteiger partial charge is 0.586 e. The second-order valence-electron chi connectivity index (χ2n) is 7.89. The maximum absolute atomic E-state index is 13.3. The number of halogens is 2. The van der Waals surface area contributed by atoms with Gasteiger partial charge in [-0.1, -0.05) is 36.4 Å².